The second-order valence-electron chi connectivity index (χ2n) is 4.85. The Hall–Kier alpha value is -1.59. The Kier molecular flexibility index (Phi) is 4.62. The quantitative estimate of drug-likeness (QED) is 0.896. The second kappa shape index (κ2) is 6.24. The predicted octanol–water partition coefficient (Wildman–Crippen LogP) is 2.74. The lowest BCUT2D eigenvalue weighted by Gasteiger charge is -2.22. The van der Waals surface area contributed by atoms with E-state index in [9.17, 15) is 9.50 Å². The number of rotatable bonds is 2. The first-order valence-corrected chi connectivity index (χ1v) is 6.48. The standard InChI is InChI=1S/C14H16FN3O.ClH/c15-14-2-1-12(19)7-13(14)10-8-17-18(9-10)11-3-5-16-6-4-11;/h1-2,7-9,11,16,19H,3-6H2;1H. The fraction of sp³-hybridized carbons (Fsp3) is 0.357. The van der Waals surface area contributed by atoms with E-state index in [0.717, 1.165) is 25.9 Å². The van der Waals surface area contributed by atoms with Gasteiger partial charge in [-0.15, -0.1) is 12.4 Å². The molecule has 1 saturated heterocycles. The van der Waals surface area contributed by atoms with Crippen molar-refractivity contribution in [1.82, 2.24) is 15.1 Å². The minimum Gasteiger partial charge on any atom is -0.508 e. The van der Waals surface area contributed by atoms with E-state index in [0.29, 0.717) is 17.2 Å². The number of nitrogens with zero attached hydrogens (tertiary/aromatic N) is 2. The average molecular weight is 298 g/mol. The third kappa shape index (κ3) is 2.94. The number of hydrogen-bond acceptors (Lipinski definition) is 3. The highest BCUT2D eigenvalue weighted by molar-refractivity contribution is 5.85. The molecule has 20 heavy (non-hydrogen) atoms. The Morgan fingerprint density at radius 1 is 1.30 bits per heavy atom. The first-order valence-electron chi connectivity index (χ1n) is 6.48. The maximum Gasteiger partial charge on any atom is 0.131 e. The molecule has 2 heterocycles. The molecule has 2 aromatic rings. The van der Waals surface area contributed by atoms with Gasteiger partial charge in [0, 0.05) is 17.3 Å². The molecule has 0 unspecified atom stereocenters. The molecule has 1 fully saturated rings. The first-order chi connectivity index (χ1) is 9.24. The molecule has 1 aromatic carbocycles. The minimum atomic E-state index is -0.345. The normalized spacial score (nSPS) is 15.8. The summed E-state index contributed by atoms with van der Waals surface area (Å²) in [6.07, 6.45) is 5.57. The smallest absolute Gasteiger partial charge is 0.131 e. The zero-order chi connectivity index (χ0) is 13.2. The molecule has 1 aromatic heterocycles. The van der Waals surface area contributed by atoms with Crippen LogP contribution in [0.3, 0.4) is 0 Å². The lowest BCUT2D eigenvalue weighted by Crippen LogP contribution is -2.29. The maximum absolute atomic E-state index is 13.7. The lowest BCUT2D eigenvalue weighted by atomic mass is 10.1. The van der Waals surface area contributed by atoms with E-state index in [1.807, 2.05) is 10.9 Å². The van der Waals surface area contributed by atoms with Crippen molar-refractivity contribution < 1.29 is 9.50 Å². The van der Waals surface area contributed by atoms with Gasteiger partial charge in [0.2, 0.25) is 0 Å². The number of benzene rings is 1. The molecule has 0 radical (unpaired) electrons. The Morgan fingerprint density at radius 3 is 2.80 bits per heavy atom. The van der Waals surface area contributed by atoms with Crippen molar-refractivity contribution in [2.45, 2.75) is 18.9 Å². The molecule has 6 heteroatoms. The number of nitrogens with one attached hydrogen (secondary N) is 1. The van der Waals surface area contributed by atoms with Crippen LogP contribution >= 0.6 is 12.4 Å². The topological polar surface area (TPSA) is 50.1 Å². The fourth-order valence-corrected chi connectivity index (χ4v) is 2.48. The van der Waals surface area contributed by atoms with Crippen LogP contribution < -0.4 is 5.32 Å². The van der Waals surface area contributed by atoms with Crippen LogP contribution in [0.4, 0.5) is 4.39 Å². The number of aromatic nitrogens is 2. The highest BCUT2D eigenvalue weighted by Gasteiger charge is 2.17. The Bertz CT molecular complexity index is 582. The second-order valence-corrected chi connectivity index (χ2v) is 4.85. The highest BCUT2D eigenvalue weighted by Crippen LogP contribution is 2.28. The van der Waals surface area contributed by atoms with Gasteiger partial charge < -0.3 is 10.4 Å². The average Bonchev–Trinajstić information content (AvgIpc) is 2.92. The van der Waals surface area contributed by atoms with Gasteiger partial charge in [-0.25, -0.2) is 4.39 Å². The Labute approximate surface area is 123 Å². The third-order valence-electron chi connectivity index (χ3n) is 3.55. The van der Waals surface area contributed by atoms with Crippen LogP contribution in [0.25, 0.3) is 11.1 Å². The van der Waals surface area contributed by atoms with Crippen molar-refractivity contribution in [2.75, 3.05) is 13.1 Å². The molecule has 0 bridgehead atoms. The Balaban J connectivity index is 0.00000147. The van der Waals surface area contributed by atoms with Gasteiger partial charge in [-0.1, -0.05) is 0 Å². The molecular formula is C14H17ClFN3O. The number of aromatic hydroxyl groups is 1. The molecule has 1 aliphatic heterocycles. The van der Waals surface area contributed by atoms with Gasteiger partial charge in [0.1, 0.15) is 11.6 Å². The van der Waals surface area contributed by atoms with E-state index in [1.165, 1.54) is 18.2 Å². The zero-order valence-corrected chi connectivity index (χ0v) is 11.7. The Morgan fingerprint density at radius 2 is 2.05 bits per heavy atom. The van der Waals surface area contributed by atoms with Gasteiger partial charge in [0.15, 0.2) is 0 Å². The van der Waals surface area contributed by atoms with Gasteiger partial charge in [0.05, 0.1) is 12.2 Å². The largest absolute Gasteiger partial charge is 0.508 e. The summed E-state index contributed by atoms with van der Waals surface area (Å²) >= 11 is 0. The minimum absolute atomic E-state index is 0. The van der Waals surface area contributed by atoms with Crippen molar-refractivity contribution in [3.63, 3.8) is 0 Å². The van der Waals surface area contributed by atoms with Crippen molar-refractivity contribution in [2.24, 2.45) is 0 Å². The summed E-state index contributed by atoms with van der Waals surface area (Å²) in [5, 5.41) is 17.1. The van der Waals surface area contributed by atoms with Crippen molar-refractivity contribution in [3.8, 4) is 16.9 Å². The monoisotopic (exact) mass is 297 g/mol. The van der Waals surface area contributed by atoms with Crippen LogP contribution in [0, 0.1) is 5.82 Å². The predicted molar refractivity (Wildman–Crippen MR) is 77.7 cm³/mol. The molecule has 1 aliphatic rings. The van der Waals surface area contributed by atoms with E-state index < -0.39 is 0 Å². The molecular weight excluding hydrogens is 281 g/mol. The number of phenols is 1. The zero-order valence-electron chi connectivity index (χ0n) is 10.9. The summed E-state index contributed by atoms with van der Waals surface area (Å²) in [6.45, 7) is 1.97. The summed E-state index contributed by atoms with van der Waals surface area (Å²) in [4.78, 5) is 0. The summed E-state index contributed by atoms with van der Waals surface area (Å²) in [5.74, 6) is -0.284. The van der Waals surface area contributed by atoms with Gasteiger partial charge in [0.25, 0.3) is 0 Å². The highest BCUT2D eigenvalue weighted by atomic mass is 35.5. The summed E-state index contributed by atoms with van der Waals surface area (Å²) < 4.78 is 15.7. The van der Waals surface area contributed by atoms with Crippen LogP contribution in [0.5, 0.6) is 5.75 Å². The summed E-state index contributed by atoms with van der Waals surface area (Å²) in [7, 11) is 0. The molecule has 108 valence electrons. The maximum atomic E-state index is 13.7. The lowest BCUT2D eigenvalue weighted by molar-refractivity contribution is 0.343. The number of phenolic OH excluding ortho intramolecular Hbond substituents is 1. The molecule has 2 N–H and O–H groups in total. The van der Waals surface area contributed by atoms with E-state index in [4.69, 9.17) is 0 Å². The van der Waals surface area contributed by atoms with E-state index in [2.05, 4.69) is 10.4 Å². The first kappa shape index (κ1) is 14.8. The van der Waals surface area contributed by atoms with Crippen LogP contribution in [0.1, 0.15) is 18.9 Å². The van der Waals surface area contributed by atoms with Gasteiger partial charge in [-0.2, -0.15) is 5.10 Å². The van der Waals surface area contributed by atoms with Crippen molar-refractivity contribution >= 4 is 12.4 Å². The van der Waals surface area contributed by atoms with E-state index in [-0.39, 0.29) is 24.0 Å². The van der Waals surface area contributed by atoms with Crippen molar-refractivity contribution in [3.05, 3.63) is 36.4 Å². The summed E-state index contributed by atoms with van der Waals surface area (Å²) in [6, 6.07) is 4.41. The van der Waals surface area contributed by atoms with E-state index in [1.54, 1.807) is 6.20 Å². The molecule has 4 nitrogen and oxygen atoms in total. The SMILES string of the molecule is Cl.Oc1ccc(F)c(-c2cnn(C3CCNCC3)c2)c1. The molecule has 0 amide bonds. The number of hydrogen-bond donors (Lipinski definition) is 2. The van der Waals surface area contributed by atoms with E-state index >= 15 is 0 Å². The van der Waals surface area contributed by atoms with Gasteiger partial charge in [-0.3, -0.25) is 4.68 Å². The molecule has 0 atom stereocenters. The molecule has 0 aliphatic carbocycles. The van der Waals surface area contributed by atoms with Crippen molar-refractivity contribution in [1.29, 1.82) is 0 Å². The fourth-order valence-electron chi connectivity index (χ4n) is 2.48. The van der Waals surface area contributed by atoms with Gasteiger partial charge >= 0.3 is 0 Å². The van der Waals surface area contributed by atoms with Gasteiger partial charge in [-0.05, 0) is 44.1 Å². The third-order valence-corrected chi connectivity index (χ3v) is 3.55. The molecule has 0 saturated carbocycles. The number of halogens is 2. The van der Waals surface area contributed by atoms with Crippen LogP contribution in [0.15, 0.2) is 30.6 Å². The summed E-state index contributed by atoms with van der Waals surface area (Å²) in [5.41, 5.74) is 1.09. The molecule has 0 spiro atoms. The van der Waals surface area contributed by atoms with Crippen LogP contribution in [-0.2, 0) is 0 Å². The molecule has 3 rings (SSSR count). The van der Waals surface area contributed by atoms with Crippen LogP contribution in [-0.4, -0.2) is 28.0 Å². The number of piperidine rings is 1. The van der Waals surface area contributed by atoms with Crippen LogP contribution in [0.2, 0.25) is 0 Å².